The SMILES string of the molecule is [2H]C([2H])([2H])O/N=C(/C(=O)N[C@@H]1C(=O)N2C(C(=O)O)=C(COC(C)=O)CS[C@H]12)c1csc(N)n1. The van der Waals surface area contributed by atoms with Crippen LogP contribution in [-0.4, -0.2) is 75.3 Å². The molecule has 3 heterocycles. The number of fused-ring (bicyclic) bond motifs is 1. The second kappa shape index (κ2) is 8.71. The normalized spacial score (nSPS) is 22.8. The van der Waals surface area contributed by atoms with E-state index < -0.39 is 47.9 Å². The summed E-state index contributed by atoms with van der Waals surface area (Å²) in [6.07, 6.45) is 0. The number of carbonyl (C=O) groups is 4. The molecule has 3 rings (SSSR count). The number of oxime groups is 1. The highest BCUT2D eigenvalue weighted by molar-refractivity contribution is 8.00. The molecule has 0 unspecified atom stereocenters. The van der Waals surface area contributed by atoms with E-state index in [2.05, 4.69) is 20.3 Å². The van der Waals surface area contributed by atoms with Crippen LogP contribution in [0.1, 0.15) is 16.7 Å². The average Bonchev–Trinajstić information content (AvgIpc) is 3.14. The van der Waals surface area contributed by atoms with Gasteiger partial charge in [-0.2, -0.15) is 0 Å². The molecule has 12 nitrogen and oxygen atoms in total. The van der Waals surface area contributed by atoms with E-state index in [-0.39, 0.29) is 34.5 Å². The van der Waals surface area contributed by atoms with Gasteiger partial charge in [-0.1, -0.05) is 5.16 Å². The van der Waals surface area contributed by atoms with Gasteiger partial charge in [0.05, 0.1) is 4.11 Å². The minimum atomic E-state index is -2.94. The molecule has 1 fully saturated rings. The summed E-state index contributed by atoms with van der Waals surface area (Å²) in [5, 5.41) is 16.0. The third kappa shape index (κ3) is 4.09. The summed E-state index contributed by atoms with van der Waals surface area (Å²) in [5.74, 6) is -3.52. The van der Waals surface area contributed by atoms with Crippen molar-refractivity contribution in [2.24, 2.45) is 5.16 Å². The van der Waals surface area contributed by atoms with Gasteiger partial charge in [0.1, 0.15) is 36.5 Å². The largest absolute Gasteiger partial charge is 0.477 e. The number of ether oxygens (including phenoxy) is 1. The number of anilines is 1. The molecule has 0 spiro atoms. The molecule has 1 aromatic rings. The Labute approximate surface area is 182 Å². The minimum absolute atomic E-state index is 0.0611. The van der Waals surface area contributed by atoms with Crippen LogP contribution in [0.2, 0.25) is 0 Å². The van der Waals surface area contributed by atoms with Gasteiger partial charge in [0.25, 0.3) is 11.8 Å². The lowest BCUT2D eigenvalue weighted by Crippen LogP contribution is -2.71. The van der Waals surface area contributed by atoms with Crippen molar-refractivity contribution in [1.29, 1.82) is 0 Å². The topological polar surface area (TPSA) is 174 Å². The number of carboxylic acid groups (broad SMARTS) is 1. The zero-order chi connectivity index (χ0) is 24.5. The van der Waals surface area contributed by atoms with E-state index in [1.807, 2.05) is 0 Å². The Hall–Kier alpha value is -3.13. The van der Waals surface area contributed by atoms with Crippen molar-refractivity contribution in [2.75, 3.05) is 25.1 Å². The van der Waals surface area contributed by atoms with Crippen LogP contribution in [0.4, 0.5) is 5.13 Å². The summed E-state index contributed by atoms with van der Waals surface area (Å²) in [6.45, 7) is 0.886. The van der Waals surface area contributed by atoms with Crippen LogP contribution >= 0.6 is 23.1 Å². The summed E-state index contributed by atoms with van der Waals surface area (Å²) >= 11 is 2.13. The zero-order valence-electron chi connectivity index (χ0n) is 18.3. The fourth-order valence-electron chi connectivity index (χ4n) is 2.84. The molecule has 0 saturated carbocycles. The van der Waals surface area contributed by atoms with Crippen LogP contribution in [0.5, 0.6) is 0 Å². The molecule has 1 saturated heterocycles. The van der Waals surface area contributed by atoms with Gasteiger partial charge in [-0.15, -0.1) is 23.1 Å². The fourth-order valence-corrected chi connectivity index (χ4v) is 4.71. The van der Waals surface area contributed by atoms with Crippen molar-refractivity contribution < 1.29 is 38.0 Å². The first kappa shape index (κ1) is 17.7. The van der Waals surface area contributed by atoms with E-state index in [9.17, 15) is 24.3 Å². The second-order valence-electron chi connectivity index (χ2n) is 6.00. The molecule has 4 N–H and O–H groups in total. The Bertz CT molecular complexity index is 1070. The van der Waals surface area contributed by atoms with Crippen LogP contribution < -0.4 is 11.1 Å². The molecule has 160 valence electrons. The Morgan fingerprint density at radius 3 is 2.90 bits per heavy atom. The van der Waals surface area contributed by atoms with Gasteiger partial charge in [0, 0.05) is 23.6 Å². The summed E-state index contributed by atoms with van der Waals surface area (Å²) in [4.78, 5) is 57.6. The number of nitrogens with zero attached hydrogens (tertiary/aromatic N) is 3. The van der Waals surface area contributed by atoms with Crippen molar-refractivity contribution >= 4 is 57.7 Å². The van der Waals surface area contributed by atoms with Crippen molar-refractivity contribution in [3.05, 3.63) is 22.3 Å². The molecular formula is C16H17N5O7S2. The number of hydrogen-bond acceptors (Lipinski definition) is 11. The second-order valence-corrected chi connectivity index (χ2v) is 8.00. The Morgan fingerprint density at radius 1 is 1.53 bits per heavy atom. The monoisotopic (exact) mass is 458 g/mol. The lowest BCUT2D eigenvalue weighted by molar-refractivity contribution is -0.150. The highest BCUT2D eigenvalue weighted by atomic mass is 32.2. The molecule has 2 aliphatic heterocycles. The van der Waals surface area contributed by atoms with Gasteiger partial charge in [0.15, 0.2) is 10.8 Å². The molecule has 14 heteroatoms. The highest BCUT2D eigenvalue weighted by Crippen LogP contribution is 2.40. The number of nitrogen functional groups attached to an aromatic ring is 1. The quantitative estimate of drug-likeness (QED) is 0.207. The van der Waals surface area contributed by atoms with Crippen molar-refractivity contribution in [3.8, 4) is 0 Å². The Balaban J connectivity index is 1.80. The number of nitrogens with one attached hydrogen (secondary N) is 1. The van der Waals surface area contributed by atoms with Crippen LogP contribution in [0.15, 0.2) is 21.8 Å². The maximum Gasteiger partial charge on any atom is 0.352 e. The van der Waals surface area contributed by atoms with Crippen LogP contribution in [0.3, 0.4) is 0 Å². The van der Waals surface area contributed by atoms with Crippen LogP contribution in [0.25, 0.3) is 0 Å². The van der Waals surface area contributed by atoms with E-state index >= 15 is 0 Å². The van der Waals surface area contributed by atoms with Crippen molar-refractivity contribution in [3.63, 3.8) is 0 Å². The van der Waals surface area contributed by atoms with E-state index in [0.717, 1.165) is 28.0 Å². The molecule has 2 amide bonds. The molecule has 0 aliphatic carbocycles. The number of esters is 1. The average molecular weight is 458 g/mol. The van der Waals surface area contributed by atoms with Gasteiger partial charge >= 0.3 is 11.9 Å². The lowest BCUT2D eigenvalue weighted by atomic mass is 10.0. The number of rotatable bonds is 7. The van der Waals surface area contributed by atoms with Crippen molar-refractivity contribution in [1.82, 2.24) is 15.2 Å². The molecule has 30 heavy (non-hydrogen) atoms. The number of aliphatic carboxylic acids is 1. The number of hydrogen-bond donors (Lipinski definition) is 3. The maximum atomic E-state index is 12.8. The predicted octanol–water partition coefficient (Wildman–Crippen LogP) is -0.622. The third-order valence-electron chi connectivity index (χ3n) is 4.10. The van der Waals surface area contributed by atoms with Crippen LogP contribution in [-0.2, 0) is 28.8 Å². The number of nitrogens with two attached hydrogens (primary N) is 1. The first-order valence-electron chi connectivity index (χ1n) is 9.71. The standard InChI is InChI=1S/C16H17N5O7S2/c1-6(22)28-3-7-4-29-14-10(13(24)21(14)11(7)15(25)26)19-12(23)9(20-27-2)8-5-30-16(17)18-8/h5,10,14H,3-4H2,1-2H3,(H2,17,18)(H,19,23)(H,25,26)/b20-9+/t10-,14-/m1/s1/i2D3. The minimum Gasteiger partial charge on any atom is -0.477 e. The number of thioether (sulfide) groups is 1. The highest BCUT2D eigenvalue weighted by Gasteiger charge is 2.54. The number of carbonyl (C=O) groups excluding carboxylic acids is 3. The van der Waals surface area contributed by atoms with Crippen molar-refractivity contribution in [2.45, 2.75) is 18.3 Å². The van der Waals surface area contributed by atoms with E-state index in [1.54, 1.807) is 0 Å². The van der Waals surface area contributed by atoms with Gasteiger partial charge < -0.3 is 25.7 Å². The van der Waals surface area contributed by atoms with Gasteiger partial charge in [-0.25, -0.2) is 9.78 Å². The lowest BCUT2D eigenvalue weighted by Gasteiger charge is -2.49. The molecule has 2 atom stereocenters. The molecule has 0 aromatic carbocycles. The summed E-state index contributed by atoms with van der Waals surface area (Å²) in [5.41, 5.74) is 4.90. The molecule has 0 radical (unpaired) electrons. The molecular weight excluding hydrogens is 438 g/mol. The maximum absolute atomic E-state index is 12.8. The Kier molecular flexibility index (Phi) is 5.14. The van der Waals surface area contributed by atoms with Gasteiger partial charge in [-0.3, -0.25) is 19.3 Å². The first-order valence-corrected chi connectivity index (χ1v) is 10.1. The number of amides is 2. The number of aromatic nitrogens is 1. The fraction of sp³-hybridized carbons (Fsp3) is 0.375. The van der Waals surface area contributed by atoms with Gasteiger partial charge in [0.2, 0.25) is 0 Å². The van der Waals surface area contributed by atoms with Gasteiger partial charge in [-0.05, 0) is 0 Å². The van der Waals surface area contributed by atoms with E-state index in [4.69, 9.17) is 14.6 Å². The zero-order valence-corrected chi connectivity index (χ0v) is 16.9. The third-order valence-corrected chi connectivity index (χ3v) is 6.12. The first-order chi connectivity index (χ1) is 15.4. The number of β-lactam (4-membered cyclic amide) rings is 1. The summed E-state index contributed by atoms with van der Waals surface area (Å²) < 4.78 is 26.1. The molecule has 0 bridgehead atoms. The van der Waals surface area contributed by atoms with Crippen LogP contribution in [0, 0.1) is 0 Å². The van der Waals surface area contributed by atoms with E-state index in [1.165, 1.54) is 12.3 Å². The Morgan fingerprint density at radius 2 is 2.30 bits per heavy atom. The number of carboxylic acids is 1. The summed E-state index contributed by atoms with van der Waals surface area (Å²) in [7, 11) is -2.94. The number of thiazole rings is 1. The summed E-state index contributed by atoms with van der Waals surface area (Å²) in [6, 6.07) is -1.12. The smallest absolute Gasteiger partial charge is 0.352 e. The molecule has 1 aromatic heterocycles. The molecule has 2 aliphatic rings. The predicted molar refractivity (Wildman–Crippen MR) is 106 cm³/mol. The van der Waals surface area contributed by atoms with E-state index in [0.29, 0.717) is 0 Å².